The quantitative estimate of drug-likeness (QED) is 0.613. The van der Waals surface area contributed by atoms with E-state index in [4.69, 9.17) is 11.6 Å². The third kappa shape index (κ3) is 2.86. The van der Waals surface area contributed by atoms with Crippen LogP contribution in [0, 0.1) is 11.8 Å². The van der Waals surface area contributed by atoms with E-state index in [0.717, 1.165) is 5.56 Å². The van der Waals surface area contributed by atoms with E-state index in [0.29, 0.717) is 37.4 Å². The van der Waals surface area contributed by atoms with Gasteiger partial charge in [-0.3, -0.25) is 19.3 Å². The Morgan fingerprint density at radius 2 is 1.56 bits per heavy atom. The van der Waals surface area contributed by atoms with Gasteiger partial charge in [0.1, 0.15) is 0 Å². The summed E-state index contributed by atoms with van der Waals surface area (Å²) in [5.41, 5.74) is 0.906. The van der Waals surface area contributed by atoms with Crippen molar-refractivity contribution >= 4 is 29.3 Å². The Bertz CT molecular complexity index is 726. The lowest BCUT2D eigenvalue weighted by Crippen LogP contribution is -2.62. The molecule has 0 N–H and O–H groups in total. The van der Waals surface area contributed by atoms with Gasteiger partial charge in [-0.05, 0) is 30.5 Å². The van der Waals surface area contributed by atoms with Gasteiger partial charge in [-0.15, -0.1) is 0 Å². The second kappa shape index (κ2) is 6.30. The van der Waals surface area contributed by atoms with Gasteiger partial charge in [0.25, 0.3) is 0 Å². The number of hydrogen-bond acceptors (Lipinski definition) is 3. The maximum absolute atomic E-state index is 12.5. The number of imide groups is 1. The molecular weight excluding hydrogens is 340 g/mol. The molecular formula is C19H19ClN2O3. The average Bonchev–Trinajstić information content (AvgIpc) is 2.81. The fraction of sp³-hybridized carbons (Fsp3) is 0.421. The van der Waals surface area contributed by atoms with Gasteiger partial charge < -0.3 is 4.90 Å². The maximum Gasteiger partial charge on any atom is 0.233 e. The molecule has 25 heavy (non-hydrogen) atoms. The van der Waals surface area contributed by atoms with Crippen LogP contribution in [0.25, 0.3) is 0 Å². The summed E-state index contributed by atoms with van der Waals surface area (Å²) in [7, 11) is 0. The Hall–Kier alpha value is -2.14. The summed E-state index contributed by atoms with van der Waals surface area (Å²) < 4.78 is 0. The predicted octanol–water partition coefficient (Wildman–Crippen LogP) is 2.04. The Morgan fingerprint density at radius 1 is 1.00 bits per heavy atom. The molecule has 2 saturated heterocycles. The van der Waals surface area contributed by atoms with E-state index in [1.54, 1.807) is 17.0 Å². The fourth-order valence-corrected chi connectivity index (χ4v) is 4.02. The molecule has 0 radical (unpaired) electrons. The smallest absolute Gasteiger partial charge is 0.233 e. The number of carbonyl (C=O) groups excluding carboxylic acids is 3. The molecule has 5 nitrogen and oxygen atoms in total. The van der Waals surface area contributed by atoms with Crippen LogP contribution in [-0.4, -0.2) is 46.7 Å². The van der Waals surface area contributed by atoms with E-state index >= 15 is 0 Å². The lowest BCUT2D eigenvalue weighted by Gasteiger charge is -2.43. The lowest BCUT2D eigenvalue weighted by atomic mass is 9.85. The summed E-state index contributed by atoms with van der Waals surface area (Å²) in [5, 5.41) is 0.641. The Kier molecular flexibility index (Phi) is 4.12. The molecule has 2 unspecified atom stereocenters. The average molecular weight is 359 g/mol. The fourth-order valence-electron chi connectivity index (χ4n) is 3.90. The van der Waals surface area contributed by atoms with Gasteiger partial charge in [0.05, 0.1) is 24.3 Å². The molecule has 0 bridgehead atoms. The molecule has 0 saturated carbocycles. The summed E-state index contributed by atoms with van der Waals surface area (Å²) in [4.78, 5) is 40.6. The van der Waals surface area contributed by atoms with Crippen molar-refractivity contribution in [2.45, 2.75) is 25.3 Å². The van der Waals surface area contributed by atoms with Gasteiger partial charge in [-0.25, -0.2) is 0 Å². The number of carbonyl (C=O) groups is 3. The predicted molar refractivity (Wildman–Crippen MR) is 92.7 cm³/mol. The third-order valence-corrected chi connectivity index (χ3v) is 5.64. The first-order valence-electron chi connectivity index (χ1n) is 8.58. The van der Waals surface area contributed by atoms with Crippen molar-refractivity contribution in [2.75, 3.05) is 13.1 Å². The SMILES string of the molecule is O=C(Cc1ccc(Cl)cc1)N1CC(N2C(=O)C3CC=CCC3C2=O)C1. The first kappa shape index (κ1) is 16.3. The molecule has 2 atom stereocenters. The third-order valence-electron chi connectivity index (χ3n) is 5.39. The highest BCUT2D eigenvalue weighted by atomic mass is 35.5. The van der Waals surface area contributed by atoms with Crippen molar-refractivity contribution in [3.8, 4) is 0 Å². The van der Waals surface area contributed by atoms with Gasteiger partial charge >= 0.3 is 0 Å². The summed E-state index contributed by atoms with van der Waals surface area (Å²) in [6, 6.07) is 7.03. The molecule has 3 amide bonds. The van der Waals surface area contributed by atoms with Crippen LogP contribution < -0.4 is 0 Å². The van der Waals surface area contributed by atoms with Gasteiger partial charge in [0.2, 0.25) is 17.7 Å². The highest BCUT2D eigenvalue weighted by Crippen LogP contribution is 2.37. The molecule has 1 aliphatic carbocycles. The molecule has 0 spiro atoms. The largest absolute Gasteiger partial charge is 0.338 e. The molecule has 1 aromatic carbocycles. The van der Waals surface area contributed by atoms with Crippen molar-refractivity contribution in [3.63, 3.8) is 0 Å². The molecule has 2 heterocycles. The van der Waals surface area contributed by atoms with E-state index in [-0.39, 0.29) is 35.6 Å². The molecule has 2 aliphatic heterocycles. The zero-order valence-electron chi connectivity index (χ0n) is 13.7. The number of hydrogen-bond donors (Lipinski definition) is 0. The number of amides is 3. The van der Waals surface area contributed by atoms with Crippen LogP contribution in [0.15, 0.2) is 36.4 Å². The van der Waals surface area contributed by atoms with Crippen LogP contribution in [0.4, 0.5) is 0 Å². The van der Waals surface area contributed by atoms with E-state index in [9.17, 15) is 14.4 Å². The number of nitrogens with zero attached hydrogens (tertiary/aromatic N) is 2. The Morgan fingerprint density at radius 3 is 2.12 bits per heavy atom. The van der Waals surface area contributed by atoms with Gasteiger partial charge in [0.15, 0.2) is 0 Å². The monoisotopic (exact) mass is 358 g/mol. The highest BCUT2D eigenvalue weighted by molar-refractivity contribution is 6.30. The van der Waals surface area contributed by atoms with Crippen LogP contribution in [0.2, 0.25) is 5.02 Å². The molecule has 6 heteroatoms. The number of allylic oxidation sites excluding steroid dienone is 2. The first-order chi connectivity index (χ1) is 12.0. The van der Waals surface area contributed by atoms with E-state index in [2.05, 4.69) is 0 Å². The van der Waals surface area contributed by atoms with E-state index in [1.165, 1.54) is 4.90 Å². The number of rotatable bonds is 3. The van der Waals surface area contributed by atoms with Crippen LogP contribution in [0.3, 0.4) is 0 Å². The van der Waals surface area contributed by atoms with Gasteiger partial charge in [0, 0.05) is 18.1 Å². The number of benzene rings is 1. The van der Waals surface area contributed by atoms with Crippen LogP contribution >= 0.6 is 11.6 Å². The number of halogens is 1. The van der Waals surface area contributed by atoms with E-state index in [1.807, 2.05) is 24.3 Å². The molecule has 1 aromatic rings. The van der Waals surface area contributed by atoms with Crippen molar-refractivity contribution < 1.29 is 14.4 Å². The normalized spacial score (nSPS) is 26.0. The zero-order chi connectivity index (χ0) is 17.6. The molecule has 130 valence electrons. The van der Waals surface area contributed by atoms with Crippen LogP contribution in [0.5, 0.6) is 0 Å². The minimum atomic E-state index is -0.198. The number of fused-ring (bicyclic) bond motifs is 1. The van der Waals surface area contributed by atoms with Crippen LogP contribution in [-0.2, 0) is 20.8 Å². The molecule has 2 fully saturated rings. The van der Waals surface area contributed by atoms with Crippen molar-refractivity contribution in [1.29, 1.82) is 0 Å². The highest BCUT2D eigenvalue weighted by Gasteiger charge is 2.52. The topological polar surface area (TPSA) is 57.7 Å². The Labute approximate surface area is 151 Å². The second-order valence-electron chi connectivity index (χ2n) is 6.96. The maximum atomic E-state index is 12.5. The number of likely N-dealkylation sites (tertiary alicyclic amines) is 2. The second-order valence-corrected chi connectivity index (χ2v) is 7.39. The van der Waals surface area contributed by atoms with Gasteiger partial charge in [-0.1, -0.05) is 35.9 Å². The van der Waals surface area contributed by atoms with Gasteiger partial charge in [-0.2, -0.15) is 0 Å². The van der Waals surface area contributed by atoms with Crippen molar-refractivity contribution in [1.82, 2.24) is 9.80 Å². The summed E-state index contributed by atoms with van der Waals surface area (Å²) in [6.45, 7) is 0.882. The zero-order valence-corrected chi connectivity index (χ0v) is 14.5. The van der Waals surface area contributed by atoms with Crippen molar-refractivity contribution in [2.24, 2.45) is 11.8 Å². The standard InChI is InChI=1S/C19H19ClN2O3/c20-13-7-5-12(6-8-13)9-17(23)21-10-14(11-21)22-18(24)15-3-1-2-4-16(15)19(22)25/h1-2,5-8,14-16H,3-4,9-11H2. The summed E-state index contributed by atoms with van der Waals surface area (Å²) in [6.07, 6.45) is 5.58. The Balaban J connectivity index is 1.35. The van der Waals surface area contributed by atoms with Crippen molar-refractivity contribution in [3.05, 3.63) is 47.0 Å². The summed E-state index contributed by atoms with van der Waals surface area (Å²) >= 11 is 5.85. The lowest BCUT2D eigenvalue weighted by molar-refractivity contribution is -0.152. The van der Waals surface area contributed by atoms with Crippen LogP contribution in [0.1, 0.15) is 18.4 Å². The first-order valence-corrected chi connectivity index (χ1v) is 8.96. The molecule has 0 aromatic heterocycles. The minimum absolute atomic E-state index is 0.0109. The minimum Gasteiger partial charge on any atom is -0.338 e. The summed E-state index contributed by atoms with van der Waals surface area (Å²) in [5.74, 6) is -0.507. The van der Waals surface area contributed by atoms with E-state index < -0.39 is 0 Å². The molecule has 4 rings (SSSR count). The molecule has 3 aliphatic rings.